The van der Waals surface area contributed by atoms with Crippen LogP contribution in [0.25, 0.3) is 11.2 Å². The number of hydrogen-bond donors (Lipinski definition) is 1. The molecule has 13 heteroatoms. The Hall–Kier alpha value is -2.27. The van der Waals surface area contributed by atoms with E-state index in [9.17, 15) is 13.8 Å². The van der Waals surface area contributed by atoms with Gasteiger partial charge in [-0.15, -0.1) is 9.05 Å². The molecule has 2 aromatic heterocycles. The second kappa shape index (κ2) is 17.4. The lowest BCUT2D eigenvalue weighted by Crippen LogP contribution is -2.34. The van der Waals surface area contributed by atoms with Crippen molar-refractivity contribution in [3.63, 3.8) is 0 Å². The van der Waals surface area contributed by atoms with E-state index in [-0.39, 0.29) is 18.1 Å². The molecule has 0 spiro atoms. The van der Waals surface area contributed by atoms with Crippen molar-refractivity contribution in [1.82, 2.24) is 19.5 Å². The van der Waals surface area contributed by atoms with E-state index in [0.717, 1.165) is 19.3 Å². The minimum atomic E-state index is -2.59. The largest absolute Gasteiger partial charge is 0.698 e. The summed E-state index contributed by atoms with van der Waals surface area (Å²) in [6.45, 7) is 6.05. The van der Waals surface area contributed by atoms with Crippen LogP contribution >= 0.6 is 8.25 Å². The molecule has 0 amide bonds. The number of carbonyl (C=O) groups excluding carboxylic acids is 1. The number of hydrogen-bond acceptors (Lipinski definition) is 10. The summed E-state index contributed by atoms with van der Waals surface area (Å²) in [5.74, 6) is -0.618. The number of nitrogen functional groups attached to an aromatic ring is 1. The van der Waals surface area contributed by atoms with Crippen molar-refractivity contribution in [1.29, 1.82) is 0 Å². The fourth-order valence-corrected chi connectivity index (χ4v) is 4.75. The third-order valence-corrected chi connectivity index (χ3v) is 7.46. The number of methoxy groups -OCH3 is 1. The van der Waals surface area contributed by atoms with E-state index in [2.05, 4.69) is 21.9 Å². The highest BCUT2D eigenvalue weighted by Crippen LogP contribution is 2.30. The number of nitrogens with two attached hydrogens (primary N) is 1. The van der Waals surface area contributed by atoms with Crippen LogP contribution in [0.1, 0.15) is 91.4 Å². The zero-order chi connectivity index (χ0) is 28.7. The fourth-order valence-electron chi connectivity index (χ4n) is 3.96. The van der Waals surface area contributed by atoms with Gasteiger partial charge in [-0.05, 0) is 26.7 Å². The average Bonchev–Trinajstić information content (AvgIpc) is 3.32. The van der Waals surface area contributed by atoms with Crippen LogP contribution in [0.2, 0.25) is 0 Å². The molecule has 220 valence electrons. The summed E-state index contributed by atoms with van der Waals surface area (Å²) < 4.78 is 48.9. The SMILES string of the molecule is CCCCCCCCCCCCOC(=O)[C@H](C)O[P+](=O)OC[C@](C)(CCn1cnc2c(N)nc(F)nc21)OC. The molecule has 2 rings (SSSR count). The van der Waals surface area contributed by atoms with Gasteiger partial charge >= 0.3 is 20.3 Å². The number of aryl methyl sites for hydroxylation is 1. The van der Waals surface area contributed by atoms with E-state index >= 15 is 0 Å². The minimum Gasteiger partial charge on any atom is -0.464 e. The van der Waals surface area contributed by atoms with Crippen LogP contribution in [0.4, 0.5) is 10.2 Å². The molecule has 2 aromatic rings. The molecule has 2 N–H and O–H groups in total. The first-order valence-electron chi connectivity index (χ1n) is 13.8. The Morgan fingerprint density at radius 1 is 1.13 bits per heavy atom. The molecule has 0 aliphatic heterocycles. The highest BCUT2D eigenvalue weighted by atomic mass is 31.1. The molecule has 0 aliphatic carbocycles. The molecule has 0 saturated carbocycles. The smallest absolute Gasteiger partial charge is 0.464 e. The van der Waals surface area contributed by atoms with Gasteiger partial charge in [0.2, 0.25) is 6.10 Å². The number of unbranched alkanes of at least 4 members (excludes halogenated alkanes) is 9. The number of fused-ring (bicyclic) bond motifs is 1. The van der Waals surface area contributed by atoms with E-state index in [1.165, 1.54) is 65.3 Å². The summed E-state index contributed by atoms with van der Waals surface area (Å²) in [7, 11) is -1.09. The summed E-state index contributed by atoms with van der Waals surface area (Å²) in [4.78, 5) is 23.5. The lowest BCUT2D eigenvalue weighted by Gasteiger charge is -2.25. The van der Waals surface area contributed by atoms with Gasteiger partial charge in [0, 0.05) is 18.2 Å². The number of carbonyl (C=O) groups is 1. The zero-order valence-corrected chi connectivity index (χ0v) is 24.6. The predicted molar refractivity (Wildman–Crippen MR) is 147 cm³/mol. The fraction of sp³-hybridized carbons (Fsp3) is 0.769. The van der Waals surface area contributed by atoms with Gasteiger partial charge in [0.25, 0.3) is 0 Å². The molecule has 11 nitrogen and oxygen atoms in total. The van der Waals surface area contributed by atoms with Crippen molar-refractivity contribution in [2.45, 2.75) is 110 Å². The number of anilines is 1. The van der Waals surface area contributed by atoms with E-state index < -0.39 is 32.0 Å². The lowest BCUT2D eigenvalue weighted by molar-refractivity contribution is -0.151. The molecule has 0 fully saturated rings. The Morgan fingerprint density at radius 3 is 2.41 bits per heavy atom. The monoisotopic (exact) mass is 572 g/mol. The van der Waals surface area contributed by atoms with Crippen LogP contribution in [0.5, 0.6) is 0 Å². The van der Waals surface area contributed by atoms with E-state index in [1.54, 1.807) is 11.5 Å². The predicted octanol–water partition coefficient (Wildman–Crippen LogP) is 5.89. The first kappa shape index (κ1) is 32.9. The van der Waals surface area contributed by atoms with Crippen molar-refractivity contribution in [3.05, 3.63) is 12.4 Å². The Labute approximate surface area is 231 Å². The summed E-state index contributed by atoms with van der Waals surface area (Å²) in [5, 5.41) is 0. The van der Waals surface area contributed by atoms with E-state index in [4.69, 9.17) is 24.3 Å². The van der Waals surface area contributed by atoms with Gasteiger partial charge in [-0.2, -0.15) is 14.4 Å². The molecule has 0 aromatic carbocycles. The van der Waals surface area contributed by atoms with Crippen molar-refractivity contribution in [2.24, 2.45) is 0 Å². The van der Waals surface area contributed by atoms with Gasteiger partial charge in [-0.1, -0.05) is 64.7 Å². The van der Waals surface area contributed by atoms with Crippen LogP contribution in [0, 0.1) is 6.08 Å². The number of esters is 1. The molecule has 3 atom stereocenters. The van der Waals surface area contributed by atoms with Gasteiger partial charge in [-0.25, -0.2) is 9.78 Å². The molecule has 39 heavy (non-hydrogen) atoms. The maximum Gasteiger partial charge on any atom is 0.698 e. The lowest BCUT2D eigenvalue weighted by atomic mass is 10.0. The van der Waals surface area contributed by atoms with Crippen molar-refractivity contribution in [3.8, 4) is 0 Å². The standard InChI is InChI=1S/C26H44FN5O6P/c1-5-6-7-8-9-10-11-12-13-14-17-36-24(33)20(2)38-39(34)37-18-26(3,35-4)15-16-32-19-29-21-22(28)30-25(27)31-23(21)32/h19-20H,5-18H2,1-4H3,(H2,28,30,31)/q+1/t20-,26-/m0/s1. The number of imidazole rings is 1. The number of halogens is 1. The number of nitrogens with zero attached hydrogens (tertiary/aromatic N) is 4. The van der Waals surface area contributed by atoms with Gasteiger partial charge in [0.15, 0.2) is 11.5 Å². The van der Waals surface area contributed by atoms with Crippen LogP contribution in [-0.2, 0) is 34.4 Å². The van der Waals surface area contributed by atoms with Crippen molar-refractivity contribution < 1.29 is 32.3 Å². The number of aromatic nitrogens is 4. The van der Waals surface area contributed by atoms with E-state index in [0.29, 0.717) is 25.1 Å². The van der Waals surface area contributed by atoms with Crippen LogP contribution in [0.15, 0.2) is 6.33 Å². The quantitative estimate of drug-likeness (QED) is 0.0833. The van der Waals surface area contributed by atoms with Crippen LogP contribution < -0.4 is 5.73 Å². The normalized spacial score (nSPS) is 14.3. The zero-order valence-electron chi connectivity index (χ0n) is 23.7. The van der Waals surface area contributed by atoms with Crippen molar-refractivity contribution >= 4 is 31.2 Å². The molecular formula is C26H44FN5O6P+. The highest BCUT2D eigenvalue weighted by molar-refractivity contribution is 7.33. The summed E-state index contributed by atoms with van der Waals surface area (Å²) in [6.07, 6.45) is 11.8. The second-order valence-electron chi connectivity index (χ2n) is 9.99. The Morgan fingerprint density at radius 2 is 1.77 bits per heavy atom. The topological polar surface area (TPSA) is 141 Å². The van der Waals surface area contributed by atoms with Crippen LogP contribution in [0.3, 0.4) is 0 Å². The average molecular weight is 573 g/mol. The third kappa shape index (κ3) is 11.8. The molecule has 2 heterocycles. The Bertz CT molecular complexity index is 1040. The molecule has 0 bridgehead atoms. The summed E-state index contributed by atoms with van der Waals surface area (Å²) in [6, 6.07) is 0. The van der Waals surface area contributed by atoms with Gasteiger partial charge in [-0.3, -0.25) is 0 Å². The van der Waals surface area contributed by atoms with E-state index in [1.807, 2.05) is 0 Å². The number of rotatable bonds is 21. The first-order valence-corrected chi connectivity index (χ1v) is 14.9. The highest BCUT2D eigenvalue weighted by Gasteiger charge is 2.35. The van der Waals surface area contributed by atoms with Crippen LogP contribution in [-0.4, -0.2) is 57.5 Å². The summed E-state index contributed by atoms with van der Waals surface area (Å²) >= 11 is 0. The minimum absolute atomic E-state index is 0.0422. The number of ether oxygens (including phenoxy) is 2. The van der Waals surface area contributed by atoms with Gasteiger partial charge < -0.3 is 19.8 Å². The van der Waals surface area contributed by atoms with Crippen molar-refractivity contribution in [2.75, 3.05) is 26.1 Å². The molecule has 0 aliphatic rings. The third-order valence-electron chi connectivity index (χ3n) is 6.63. The molecule has 0 radical (unpaired) electrons. The summed E-state index contributed by atoms with van der Waals surface area (Å²) in [5.41, 5.74) is 5.41. The maximum absolute atomic E-state index is 13.6. The maximum atomic E-state index is 13.6. The molecule has 0 saturated heterocycles. The Balaban J connectivity index is 1.64. The molecule has 1 unspecified atom stereocenters. The van der Waals surface area contributed by atoms with Gasteiger partial charge in [0.1, 0.15) is 12.1 Å². The van der Waals surface area contributed by atoms with Gasteiger partial charge in [0.05, 0.1) is 18.5 Å². The Kier molecular flexibility index (Phi) is 14.7. The second-order valence-corrected chi connectivity index (χ2v) is 10.9. The first-order chi connectivity index (χ1) is 18.7. The molecular weight excluding hydrogens is 528 g/mol.